The zero-order valence-corrected chi connectivity index (χ0v) is 10.6. The summed E-state index contributed by atoms with van der Waals surface area (Å²) in [6.07, 6.45) is 0.688. The molecular weight excluding hydrogens is 221 g/mol. The maximum absolute atomic E-state index is 13.7. The van der Waals surface area contributed by atoms with Gasteiger partial charge in [0.1, 0.15) is 0 Å². The first-order chi connectivity index (χ1) is 8.17. The molecule has 0 aliphatic rings. The number of nitrogens with one attached hydrogen (secondary N) is 1. The predicted octanol–water partition coefficient (Wildman–Crippen LogP) is 2.35. The Hall–Kier alpha value is -1.13. The van der Waals surface area contributed by atoms with Gasteiger partial charge in [0.2, 0.25) is 0 Å². The molecule has 1 unspecified atom stereocenters. The van der Waals surface area contributed by atoms with E-state index in [-0.39, 0.29) is 11.9 Å². The van der Waals surface area contributed by atoms with Gasteiger partial charge < -0.3 is 14.8 Å². The van der Waals surface area contributed by atoms with Gasteiger partial charge in [-0.1, -0.05) is 6.07 Å². The average molecular weight is 241 g/mol. The van der Waals surface area contributed by atoms with Crippen LogP contribution in [0.25, 0.3) is 0 Å². The molecule has 4 heteroatoms. The summed E-state index contributed by atoms with van der Waals surface area (Å²) in [5, 5.41) is 2.98. The lowest BCUT2D eigenvalue weighted by molar-refractivity contribution is 0.132. The standard InChI is InChI=1S/C13H20FNO2/c1-10(6-7-16-3)17-13-5-4-11(9-15-2)8-12(13)14/h4-5,8,10,15H,6-7,9H2,1-3H3. The maximum atomic E-state index is 13.7. The second kappa shape index (κ2) is 7.25. The van der Waals surface area contributed by atoms with Crippen LogP contribution in [0.3, 0.4) is 0 Å². The van der Waals surface area contributed by atoms with E-state index in [4.69, 9.17) is 9.47 Å². The third kappa shape index (κ3) is 4.71. The SMILES string of the molecule is CNCc1ccc(OC(C)CCOC)c(F)c1. The number of halogens is 1. The van der Waals surface area contributed by atoms with Gasteiger partial charge in [0, 0.05) is 26.7 Å². The van der Waals surface area contributed by atoms with Gasteiger partial charge in [-0.05, 0) is 31.7 Å². The summed E-state index contributed by atoms with van der Waals surface area (Å²) in [4.78, 5) is 0. The summed E-state index contributed by atoms with van der Waals surface area (Å²) in [5.41, 5.74) is 0.905. The molecule has 1 rings (SSSR count). The minimum absolute atomic E-state index is 0.0559. The fourth-order valence-electron chi connectivity index (χ4n) is 1.51. The van der Waals surface area contributed by atoms with Crippen LogP contribution in [0.15, 0.2) is 18.2 Å². The van der Waals surface area contributed by atoms with Gasteiger partial charge in [-0.3, -0.25) is 0 Å². The van der Waals surface area contributed by atoms with E-state index in [0.717, 1.165) is 12.0 Å². The number of rotatable bonds is 7. The predicted molar refractivity (Wildman–Crippen MR) is 65.7 cm³/mol. The van der Waals surface area contributed by atoms with Crippen molar-refractivity contribution < 1.29 is 13.9 Å². The number of hydrogen-bond donors (Lipinski definition) is 1. The van der Waals surface area contributed by atoms with Crippen LogP contribution in [0.4, 0.5) is 4.39 Å². The first kappa shape index (κ1) is 13.9. The molecule has 0 amide bonds. The van der Waals surface area contributed by atoms with Crippen molar-refractivity contribution in [3.8, 4) is 5.75 Å². The summed E-state index contributed by atoms with van der Waals surface area (Å²) in [7, 11) is 3.47. The van der Waals surface area contributed by atoms with Crippen molar-refractivity contribution in [2.45, 2.75) is 26.0 Å². The van der Waals surface area contributed by atoms with Crippen molar-refractivity contribution in [2.24, 2.45) is 0 Å². The Morgan fingerprint density at radius 3 is 2.76 bits per heavy atom. The molecule has 0 saturated carbocycles. The highest BCUT2D eigenvalue weighted by Gasteiger charge is 2.09. The van der Waals surface area contributed by atoms with Crippen LogP contribution in [-0.4, -0.2) is 26.9 Å². The minimum Gasteiger partial charge on any atom is -0.488 e. The van der Waals surface area contributed by atoms with E-state index in [0.29, 0.717) is 18.9 Å². The van der Waals surface area contributed by atoms with Gasteiger partial charge >= 0.3 is 0 Å². The Morgan fingerprint density at radius 1 is 1.41 bits per heavy atom. The molecule has 0 bridgehead atoms. The van der Waals surface area contributed by atoms with E-state index in [1.807, 2.05) is 20.0 Å². The van der Waals surface area contributed by atoms with E-state index in [1.165, 1.54) is 6.07 Å². The molecule has 0 spiro atoms. The van der Waals surface area contributed by atoms with E-state index in [2.05, 4.69) is 5.32 Å². The van der Waals surface area contributed by atoms with Crippen molar-refractivity contribution in [1.82, 2.24) is 5.32 Å². The second-order valence-corrected chi connectivity index (χ2v) is 4.01. The van der Waals surface area contributed by atoms with Gasteiger partial charge in [-0.25, -0.2) is 4.39 Å². The first-order valence-electron chi connectivity index (χ1n) is 5.76. The Labute approximate surface area is 102 Å². The fourth-order valence-corrected chi connectivity index (χ4v) is 1.51. The highest BCUT2D eigenvalue weighted by molar-refractivity contribution is 5.29. The number of benzene rings is 1. The van der Waals surface area contributed by atoms with Crippen LogP contribution < -0.4 is 10.1 Å². The van der Waals surface area contributed by atoms with Crippen LogP contribution in [0.5, 0.6) is 5.75 Å². The Bertz CT molecular complexity index is 344. The largest absolute Gasteiger partial charge is 0.488 e. The molecule has 1 N–H and O–H groups in total. The normalized spacial score (nSPS) is 12.5. The molecule has 1 aromatic rings. The third-order valence-corrected chi connectivity index (χ3v) is 2.43. The lowest BCUT2D eigenvalue weighted by Gasteiger charge is -2.15. The zero-order chi connectivity index (χ0) is 12.7. The van der Waals surface area contributed by atoms with Gasteiger partial charge in [0.05, 0.1) is 6.10 Å². The van der Waals surface area contributed by atoms with Crippen molar-refractivity contribution >= 4 is 0 Å². The molecule has 1 atom stereocenters. The van der Waals surface area contributed by atoms with E-state index >= 15 is 0 Å². The monoisotopic (exact) mass is 241 g/mol. The molecule has 0 aromatic heterocycles. The summed E-state index contributed by atoms with van der Waals surface area (Å²) >= 11 is 0. The van der Waals surface area contributed by atoms with E-state index in [9.17, 15) is 4.39 Å². The lowest BCUT2D eigenvalue weighted by Crippen LogP contribution is -2.15. The topological polar surface area (TPSA) is 30.5 Å². The Morgan fingerprint density at radius 2 is 2.18 bits per heavy atom. The minimum atomic E-state index is -0.318. The summed E-state index contributed by atoms with van der Waals surface area (Å²) < 4.78 is 24.1. The molecule has 0 aliphatic heterocycles. The highest BCUT2D eigenvalue weighted by atomic mass is 19.1. The summed E-state index contributed by atoms with van der Waals surface area (Å²) in [5.74, 6) is -0.0181. The fraction of sp³-hybridized carbons (Fsp3) is 0.538. The van der Waals surface area contributed by atoms with Gasteiger partial charge in [-0.15, -0.1) is 0 Å². The van der Waals surface area contributed by atoms with Gasteiger partial charge in [0.15, 0.2) is 11.6 Å². The summed E-state index contributed by atoms with van der Waals surface area (Å²) in [6.45, 7) is 3.16. The number of methoxy groups -OCH3 is 1. The van der Waals surface area contributed by atoms with E-state index in [1.54, 1.807) is 13.2 Å². The van der Waals surface area contributed by atoms with Crippen LogP contribution in [0.1, 0.15) is 18.9 Å². The molecule has 0 saturated heterocycles. The highest BCUT2D eigenvalue weighted by Crippen LogP contribution is 2.20. The Kier molecular flexibility index (Phi) is 5.94. The second-order valence-electron chi connectivity index (χ2n) is 4.01. The van der Waals surface area contributed by atoms with Crippen LogP contribution in [-0.2, 0) is 11.3 Å². The van der Waals surface area contributed by atoms with E-state index < -0.39 is 0 Å². The van der Waals surface area contributed by atoms with Crippen LogP contribution >= 0.6 is 0 Å². The molecule has 96 valence electrons. The molecule has 17 heavy (non-hydrogen) atoms. The maximum Gasteiger partial charge on any atom is 0.165 e. The molecule has 0 heterocycles. The molecule has 1 aromatic carbocycles. The molecular formula is C13H20FNO2. The van der Waals surface area contributed by atoms with Crippen molar-refractivity contribution in [2.75, 3.05) is 20.8 Å². The number of ether oxygens (including phenoxy) is 2. The Balaban J connectivity index is 2.59. The van der Waals surface area contributed by atoms with Crippen molar-refractivity contribution in [1.29, 1.82) is 0 Å². The van der Waals surface area contributed by atoms with Gasteiger partial charge in [-0.2, -0.15) is 0 Å². The smallest absolute Gasteiger partial charge is 0.165 e. The van der Waals surface area contributed by atoms with Crippen molar-refractivity contribution in [3.05, 3.63) is 29.6 Å². The molecule has 0 radical (unpaired) electrons. The quantitative estimate of drug-likeness (QED) is 0.795. The lowest BCUT2D eigenvalue weighted by atomic mass is 10.2. The van der Waals surface area contributed by atoms with Crippen LogP contribution in [0.2, 0.25) is 0 Å². The van der Waals surface area contributed by atoms with Gasteiger partial charge in [0.25, 0.3) is 0 Å². The third-order valence-electron chi connectivity index (χ3n) is 2.43. The molecule has 0 aliphatic carbocycles. The zero-order valence-electron chi connectivity index (χ0n) is 10.6. The first-order valence-corrected chi connectivity index (χ1v) is 5.76. The molecule has 3 nitrogen and oxygen atoms in total. The summed E-state index contributed by atoms with van der Waals surface area (Å²) in [6, 6.07) is 5.03. The van der Waals surface area contributed by atoms with Crippen molar-refractivity contribution in [3.63, 3.8) is 0 Å². The van der Waals surface area contributed by atoms with Crippen LogP contribution in [0, 0.1) is 5.82 Å². The average Bonchev–Trinajstić information content (AvgIpc) is 2.30. The number of hydrogen-bond acceptors (Lipinski definition) is 3. The molecule has 0 fully saturated rings.